The molecule has 3 aromatic carbocycles. The molecule has 0 atom stereocenters. The smallest absolute Gasteiger partial charge is 0.270 e. The van der Waals surface area contributed by atoms with Crippen molar-refractivity contribution in [2.24, 2.45) is 0 Å². The van der Waals surface area contributed by atoms with Gasteiger partial charge in [0.05, 0.1) is 10.6 Å². The molecule has 1 heterocycles. The van der Waals surface area contributed by atoms with E-state index in [2.05, 4.69) is 15.9 Å². The number of halogens is 1. The van der Waals surface area contributed by atoms with E-state index in [-0.39, 0.29) is 5.91 Å². The van der Waals surface area contributed by atoms with Crippen molar-refractivity contribution in [1.29, 1.82) is 0 Å². The maximum absolute atomic E-state index is 13.0. The lowest BCUT2D eigenvalue weighted by molar-refractivity contribution is -0.113. The number of rotatable bonds is 7. The molecule has 0 spiro atoms. The van der Waals surface area contributed by atoms with Gasteiger partial charge >= 0.3 is 0 Å². The second-order valence-electron chi connectivity index (χ2n) is 6.54. The first-order valence-electron chi connectivity index (χ1n) is 9.55. The Morgan fingerprint density at radius 1 is 0.935 bits per heavy atom. The number of thioether (sulfide) groups is 1. The molecule has 7 heteroatoms. The molecule has 0 bridgehead atoms. The zero-order valence-electron chi connectivity index (χ0n) is 16.4. The summed E-state index contributed by atoms with van der Waals surface area (Å²) < 4.78 is 13.0. The first-order chi connectivity index (χ1) is 15.1. The third-order valence-corrected chi connectivity index (χ3v) is 6.21. The molecule has 31 heavy (non-hydrogen) atoms. The van der Waals surface area contributed by atoms with Crippen LogP contribution in [0, 0.1) is 0 Å². The van der Waals surface area contributed by atoms with E-state index < -0.39 is 0 Å². The average Bonchev–Trinajstić information content (AvgIpc) is 3.06. The van der Waals surface area contributed by atoms with Crippen LogP contribution in [0.25, 0.3) is 6.08 Å². The van der Waals surface area contributed by atoms with E-state index in [4.69, 9.17) is 21.7 Å². The molecule has 4 nitrogen and oxygen atoms in total. The number of hydrogen-bond acceptors (Lipinski definition) is 5. The molecule has 156 valence electrons. The molecule has 1 saturated heterocycles. The molecule has 0 unspecified atom stereocenters. The van der Waals surface area contributed by atoms with Gasteiger partial charge < -0.3 is 9.47 Å². The fourth-order valence-electron chi connectivity index (χ4n) is 3.00. The van der Waals surface area contributed by atoms with Crippen molar-refractivity contribution in [1.82, 2.24) is 0 Å². The highest BCUT2D eigenvalue weighted by atomic mass is 79.9. The molecule has 1 amide bonds. The number of thiocarbonyl (C=S) groups is 1. The van der Waals surface area contributed by atoms with Gasteiger partial charge in [0.2, 0.25) is 0 Å². The maximum atomic E-state index is 13.0. The lowest BCUT2D eigenvalue weighted by atomic mass is 10.2. The van der Waals surface area contributed by atoms with Crippen LogP contribution in [0.2, 0.25) is 0 Å². The lowest BCUT2D eigenvalue weighted by Crippen LogP contribution is -2.27. The van der Waals surface area contributed by atoms with Crippen LogP contribution >= 0.6 is 39.9 Å². The third kappa shape index (κ3) is 5.36. The van der Waals surface area contributed by atoms with Gasteiger partial charge in [0, 0.05) is 10.0 Å². The van der Waals surface area contributed by atoms with Crippen molar-refractivity contribution in [2.75, 3.05) is 18.1 Å². The molecule has 0 aliphatic carbocycles. The molecule has 0 radical (unpaired) electrons. The Kier molecular flexibility index (Phi) is 7.06. The minimum atomic E-state index is -0.139. The summed E-state index contributed by atoms with van der Waals surface area (Å²) in [5.74, 6) is 1.33. The Labute approximate surface area is 199 Å². The topological polar surface area (TPSA) is 38.8 Å². The van der Waals surface area contributed by atoms with Crippen molar-refractivity contribution in [2.45, 2.75) is 0 Å². The zero-order valence-corrected chi connectivity index (χ0v) is 19.6. The highest BCUT2D eigenvalue weighted by Crippen LogP contribution is 2.37. The van der Waals surface area contributed by atoms with E-state index in [1.54, 1.807) is 4.90 Å². The van der Waals surface area contributed by atoms with Gasteiger partial charge in [-0.2, -0.15) is 0 Å². The van der Waals surface area contributed by atoms with Crippen molar-refractivity contribution < 1.29 is 14.3 Å². The van der Waals surface area contributed by atoms with Gasteiger partial charge in [-0.25, -0.2) is 0 Å². The Balaban J connectivity index is 1.49. The van der Waals surface area contributed by atoms with Crippen LogP contribution in [0.15, 0.2) is 88.2 Å². The summed E-state index contributed by atoms with van der Waals surface area (Å²) in [7, 11) is 0. The van der Waals surface area contributed by atoms with Crippen molar-refractivity contribution in [3.63, 3.8) is 0 Å². The Bertz CT molecular complexity index is 1120. The monoisotopic (exact) mass is 511 g/mol. The summed E-state index contributed by atoms with van der Waals surface area (Å²) in [5, 5.41) is 0. The van der Waals surface area contributed by atoms with Gasteiger partial charge in [-0.15, -0.1) is 0 Å². The first-order valence-corrected chi connectivity index (χ1v) is 11.6. The summed E-state index contributed by atoms with van der Waals surface area (Å²) >= 11 is 10.2. The highest BCUT2D eigenvalue weighted by Gasteiger charge is 2.33. The van der Waals surface area contributed by atoms with Crippen molar-refractivity contribution in [3.05, 3.63) is 93.8 Å². The van der Waals surface area contributed by atoms with Gasteiger partial charge in [-0.1, -0.05) is 76.3 Å². The van der Waals surface area contributed by atoms with Gasteiger partial charge in [-0.3, -0.25) is 9.69 Å². The number of anilines is 1. The number of carbonyl (C=O) groups is 1. The quantitative estimate of drug-likeness (QED) is 0.211. The summed E-state index contributed by atoms with van der Waals surface area (Å²) in [6.07, 6.45) is 1.82. The summed E-state index contributed by atoms with van der Waals surface area (Å²) in [6.45, 7) is 0.790. The Hall–Kier alpha value is -2.61. The first kappa shape index (κ1) is 21.6. The van der Waals surface area contributed by atoms with Gasteiger partial charge in [0.25, 0.3) is 5.91 Å². The van der Waals surface area contributed by atoms with Crippen LogP contribution in [0.4, 0.5) is 5.69 Å². The summed E-state index contributed by atoms with van der Waals surface area (Å²) in [5.41, 5.74) is 1.56. The largest absolute Gasteiger partial charge is 0.490 e. The second-order valence-corrected chi connectivity index (χ2v) is 9.14. The van der Waals surface area contributed by atoms with E-state index in [1.807, 2.05) is 84.9 Å². The second kappa shape index (κ2) is 10.1. The summed E-state index contributed by atoms with van der Waals surface area (Å²) in [4.78, 5) is 15.1. The standard InChI is InChI=1S/C24H18BrNO3S2/c25-18-11-12-21(29-14-13-28-20-9-5-2-6-10-20)17(15-18)16-22-23(27)26(24(30)31-22)19-7-3-1-4-8-19/h1-12,15-16H,13-14H2. The molecule has 4 rings (SSSR count). The number of benzene rings is 3. The molecule has 0 N–H and O–H groups in total. The van der Waals surface area contributed by atoms with Crippen molar-refractivity contribution in [3.8, 4) is 11.5 Å². The predicted molar refractivity (Wildman–Crippen MR) is 134 cm³/mol. The fraction of sp³-hybridized carbons (Fsp3) is 0.0833. The molecule has 0 saturated carbocycles. The van der Waals surface area contributed by atoms with Crippen LogP contribution in [-0.2, 0) is 4.79 Å². The zero-order chi connectivity index (χ0) is 21.6. The number of amides is 1. The van der Waals surface area contributed by atoms with Crippen LogP contribution in [0.3, 0.4) is 0 Å². The number of carbonyl (C=O) groups excluding carboxylic acids is 1. The van der Waals surface area contributed by atoms with E-state index in [0.717, 1.165) is 21.5 Å². The van der Waals surface area contributed by atoms with E-state index in [1.165, 1.54) is 11.8 Å². The SMILES string of the molecule is O=C1C(=Cc2cc(Br)ccc2OCCOc2ccccc2)SC(=S)N1c1ccccc1. The number of ether oxygens (including phenoxy) is 2. The van der Waals surface area contributed by atoms with Crippen LogP contribution < -0.4 is 14.4 Å². The van der Waals surface area contributed by atoms with Crippen LogP contribution in [0.1, 0.15) is 5.56 Å². The van der Waals surface area contributed by atoms with Crippen LogP contribution in [-0.4, -0.2) is 23.4 Å². The van der Waals surface area contributed by atoms with E-state index in [9.17, 15) is 4.79 Å². The minimum absolute atomic E-state index is 0.139. The number of hydrogen-bond donors (Lipinski definition) is 0. The number of para-hydroxylation sites is 2. The molecular weight excluding hydrogens is 494 g/mol. The Morgan fingerprint density at radius 3 is 2.35 bits per heavy atom. The maximum Gasteiger partial charge on any atom is 0.270 e. The Morgan fingerprint density at radius 2 is 1.61 bits per heavy atom. The minimum Gasteiger partial charge on any atom is -0.490 e. The van der Waals surface area contributed by atoms with Gasteiger partial charge in [0.1, 0.15) is 24.7 Å². The van der Waals surface area contributed by atoms with E-state index >= 15 is 0 Å². The highest BCUT2D eigenvalue weighted by molar-refractivity contribution is 9.10. The van der Waals surface area contributed by atoms with Crippen molar-refractivity contribution >= 4 is 61.9 Å². The normalized spacial score (nSPS) is 14.9. The lowest BCUT2D eigenvalue weighted by Gasteiger charge is -2.14. The molecular formula is C24H18BrNO3S2. The molecule has 0 aromatic heterocycles. The predicted octanol–water partition coefficient (Wildman–Crippen LogP) is 6.31. The third-order valence-electron chi connectivity index (χ3n) is 4.42. The summed E-state index contributed by atoms with van der Waals surface area (Å²) in [6, 6.07) is 24.7. The van der Waals surface area contributed by atoms with E-state index in [0.29, 0.717) is 28.2 Å². The van der Waals surface area contributed by atoms with Crippen LogP contribution in [0.5, 0.6) is 11.5 Å². The fourth-order valence-corrected chi connectivity index (χ4v) is 4.67. The van der Waals surface area contributed by atoms with Gasteiger partial charge in [0.15, 0.2) is 4.32 Å². The molecule has 3 aromatic rings. The molecule has 1 aliphatic heterocycles. The molecule has 1 fully saturated rings. The number of nitrogens with zero attached hydrogens (tertiary/aromatic N) is 1. The van der Waals surface area contributed by atoms with Gasteiger partial charge in [-0.05, 0) is 48.5 Å². The average molecular weight is 512 g/mol. The molecule has 1 aliphatic rings.